The zero-order chi connectivity index (χ0) is 14.5. The van der Waals surface area contributed by atoms with Gasteiger partial charge in [-0.15, -0.1) is 0 Å². The first-order valence-electron chi connectivity index (χ1n) is 6.31. The minimum Gasteiger partial charge on any atom is -0.480 e. The number of nitrogens with zero attached hydrogens (tertiary/aromatic N) is 2. The second kappa shape index (κ2) is 6.67. The van der Waals surface area contributed by atoms with Crippen LogP contribution in [0.1, 0.15) is 23.3 Å². The number of carbonyl (C=O) groups excluding carboxylic acids is 1. The van der Waals surface area contributed by atoms with Crippen molar-refractivity contribution in [2.75, 3.05) is 19.7 Å². The Hall–Kier alpha value is -1.66. The van der Waals surface area contributed by atoms with E-state index in [-0.39, 0.29) is 23.8 Å². The summed E-state index contributed by atoms with van der Waals surface area (Å²) in [6.07, 6.45) is 1.14. The number of carboxylic acids is 1. The zero-order valence-electron chi connectivity index (χ0n) is 10.8. The second-order valence-corrected chi connectivity index (χ2v) is 4.93. The highest BCUT2D eigenvalue weighted by Gasteiger charge is 2.25. The van der Waals surface area contributed by atoms with E-state index in [1.807, 2.05) is 0 Å². The largest absolute Gasteiger partial charge is 0.480 e. The lowest BCUT2D eigenvalue weighted by Crippen LogP contribution is -2.41. The molecule has 2 rings (SSSR count). The van der Waals surface area contributed by atoms with Crippen LogP contribution >= 0.6 is 11.6 Å². The maximum atomic E-state index is 12.2. The van der Waals surface area contributed by atoms with Gasteiger partial charge in [-0.1, -0.05) is 17.7 Å². The van der Waals surface area contributed by atoms with Gasteiger partial charge < -0.3 is 14.7 Å². The number of aliphatic carboxylic acids is 1. The molecule has 108 valence electrons. The van der Waals surface area contributed by atoms with Gasteiger partial charge in [-0.2, -0.15) is 0 Å². The molecule has 1 aliphatic rings. The van der Waals surface area contributed by atoms with E-state index in [1.165, 1.54) is 0 Å². The van der Waals surface area contributed by atoms with Gasteiger partial charge in [0.25, 0.3) is 5.91 Å². The number of likely N-dealkylation sites (tertiary alicyclic amines) is 1. The van der Waals surface area contributed by atoms with Crippen molar-refractivity contribution in [3.05, 3.63) is 29.0 Å². The van der Waals surface area contributed by atoms with Crippen LogP contribution < -0.4 is 0 Å². The number of carboxylic acid groups (broad SMARTS) is 1. The molecular weight excluding hydrogens is 284 g/mol. The third-order valence-electron chi connectivity index (χ3n) is 3.11. The molecule has 0 aliphatic carbocycles. The molecule has 7 heteroatoms. The molecule has 0 spiro atoms. The number of piperidine rings is 1. The van der Waals surface area contributed by atoms with Crippen LogP contribution in [-0.4, -0.2) is 52.7 Å². The average Bonchev–Trinajstić information content (AvgIpc) is 2.45. The first-order chi connectivity index (χ1) is 9.56. The molecule has 0 saturated carbocycles. The van der Waals surface area contributed by atoms with Crippen LogP contribution in [-0.2, 0) is 9.53 Å². The molecule has 1 amide bonds. The van der Waals surface area contributed by atoms with E-state index in [0.29, 0.717) is 31.6 Å². The Bertz CT molecular complexity index is 501. The average molecular weight is 299 g/mol. The van der Waals surface area contributed by atoms with Crippen LogP contribution in [0, 0.1) is 0 Å². The highest BCUT2D eigenvalue weighted by atomic mass is 35.5. The summed E-state index contributed by atoms with van der Waals surface area (Å²) in [6.45, 7) is 0.753. The topological polar surface area (TPSA) is 79.7 Å². The summed E-state index contributed by atoms with van der Waals surface area (Å²) in [5.41, 5.74) is 0.322. The van der Waals surface area contributed by atoms with E-state index < -0.39 is 5.97 Å². The third-order valence-corrected chi connectivity index (χ3v) is 3.32. The lowest BCUT2D eigenvalue weighted by atomic mass is 10.1. The van der Waals surface area contributed by atoms with Crippen molar-refractivity contribution in [3.63, 3.8) is 0 Å². The molecule has 1 saturated heterocycles. The van der Waals surface area contributed by atoms with Crippen molar-refractivity contribution >= 4 is 23.5 Å². The highest BCUT2D eigenvalue weighted by molar-refractivity contribution is 6.29. The van der Waals surface area contributed by atoms with E-state index in [0.717, 1.165) is 0 Å². The summed E-state index contributed by atoms with van der Waals surface area (Å²) in [5, 5.41) is 8.84. The van der Waals surface area contributed by atoms with Crippen molar-refractivity contribution in [1.29, 1.82) is 0 Å². The second-order valence-electron chi connectivity index (χ2n) is 4.54. The van der Waals surface area contributed by atoms with Crippen molar-refractivity contribution in [2.45, 2.75) is 18.9 Å². The van der Waals surface area contributed by atoms with Gasteiger partial charge in [0.05, 0.1) is 6.10 Å². The van der Waals surface area contributed by atoms with Gasteiger partial charge in [-0.05, 0) is 25.0 Å². The summed E-state index contributed by atoms with van der Waals surface area (Å²) in [4.78, 5) is 28.3. The molecule has 1 aromatic rings. The van der Waals surface area contributed by atoms with Crippen molar-refractivity contribution < 1.29 is 19.4 Å². The fourth-order valence-corrected chi connectivity index (χ4v) is 2.27. The van der Waals surface area contributed by atoms with Crippen LogP contribution in [0.4, 0.5) is 0 Å². The molecule has 0 unspecified atom stereocenters. The number of hydrogen-bond donors (Lipinski definition) is 1. The Morgan fingerprint density at radius 3 is 2.70 bits per heavy atom. The molecule has 0 aromatic carbocycles. The number of aromatic nitrogens is 1. The van der Waals surface area contributed by atoms with Crippen molar-refractivity contribution in [3.8, 4) is 0 Å². The van der Waals surface area contributed by atoms with E-state index >= 15 is 0 Å². The van der Waals surface area contributed by atoms with E-state index in [2.05, 4.69) is 4.98 Å². The maximum Gasteiger partial charge on any atom is 0.329 e. The highest BCUT2D eigenvalue weighted by Crippen LogP contribution is 2.16. The van der Waals surface area contributed by atoms with Crippen LogP contribution in [0.5, 0.6) is 0 Å². The molecule has 0 bridgehead atoms. The van der Waals surface area contributed by atoms with E-state index in [9.17, 15) is 9.59 Å². The smallest absolute Gasteiger partial charge is 0.329 e. The molecule has 1 aliphatic heterocycles. The number of carbonyl (C=O) groups is 2. The van der Waals surface area contributed by atoms with Crippen molar-refractivity contribution in [2.24, 2.45) is 0 Å². The monoisotopic (exact) mass is 298 g/mol. The fraction of sp³-hybridized carbons (Fsp3) is 0.462. The molecule has 0 atom stereocenters. The first-order valence-corrected chi connectivity index (χ1v) is 6.69. The van der Waals surface area contributed by atoms with Crippen LogP contribution in [0.3, 0.4) is 0 Å². The normalized spacial score (nSPS) is 16.1. The number of rotatable bonds is 4. The van der Waals surface area contributed by atoms with E-state index in [4.69, 9.17) is 21.4 Å². The van der Waals surface area contributed by atoms with Crippen LogP contribution in [0.15, 0.2) is 18.2 Å². The van der Waals surface area contributed by atoms with Gasteiger partial charge in [-0.3, -0.25) is 4.79 Å². The summed E-state index contributed by atoms with van der Waals surface area (Å²) >= 11 is 5.76. The number of pyridine rings is 1. The predicted octanol–water partition coefficient (Wildman–Crippen LogP) is 1.44. The molecule has 0 radical (unpaired) electrons. The molecular formula is C13H15ClN2O4. The molecule has 20 heavy (non-hydrogen) atoms. The Kier molecular flexibility index (Phi) is 4.92. The number of hydrogen-bond acceptors (Lipinski definition) is 4. The molecule has 1 fully saturated rings. The summed E-state index contributed by atoms with van der Waals surface area (Å²) in [6, 6.07) is 4.93. The van der Waals surface area contributed by atoms with Gasteiger partial charge in [0.1, 0.15) is 17.5 Å². The molecule has 1 N–H and O–H groups in total. The predicted molar refractivity (Wildman–Crippen MR) is 71.8 cm³/mol. The molecule has 6 nitrogen and oxygen atoms in total. The van der Waals surface area contributed by atoms with Crippen molar-refractivity contribution in [1.82, 2.24) is 9.88 Å². The Labute approximate surface area is 121 Å². The Morgan fingerprint density at radius 1 is 1.40 bits per heavy atom. The minimum atomic E-state index is -0.980. The first kappa shape index (κ1) is 14.7. The lowest BCUT2D eigenvalue weighted by Gasteiger charge is -2.31. The summed E-state index contributed by atoms with van der Waals surface area (Å²) < 4.78 is 5.22. The van der Waals surface area contributed by atoms with Gasteiger partial charge in [0, 0.05) is 13.1 Å². The third kappa shape index (κ3) is 3.91. The fourth-order valence-electron chi connectivity index (χ4n) is 2.10. The number of amides is 1. The van der Waals surface area contributed by atoms with Gasteiger partial charge in [0.2, 0.25) is 0 Å². The van der Waals surface area contributed by atoms with Gasteiger partial charge in [0.15, 0.2) is 0 Å². The van der Waals surface area contributed by atoms with Crippen LogP contribution in [0.25, 0.3) is 0 Å². The van der Waals surface area contributed by atoms with Crippen LogP contribution in [0.2, 0.25) is 5.15 Å². The minimum absolute atomic E-state index is 0.109. The van der Waals surface area contributed by atoms with Gasteiger partial charge in [-0.25, -0.2) is 9.78 Å². The standard InChI is InChI=1S/C13H15ClN2O4/c14-11-3-1-2-10(15-11)13(19)16-6-4-9(5-7-16)20-8-12(17)18/h1-3,9H,4-8H2,(H,17,18). The molecule has 1 aromatic heterocycles. The quantitative estimate of drug-likeness (QED) is 0.851. The number of ether oxygens (including phenoxy) is 1. The number of halogens is 1. The summed E-state index contributed by atoms with van der Waals surface area (Å²) in [7, 11) is 0. The molecule has 2 heterocycles. The lowest BCUT2D eigenvalue weighted by molar-refractivity contribution is -0.145. The SMILES string of the molecule is O=C(O)COC1CCN(C(=O)c2cccc(Cl)n2)CC1. The summed E-state index contributed by atoms with van der Waals surface area (Å²) in [5.74, 6) is -1.14. The van der Waals surface area contributed by atoms with Gasteiger partial charge >= 0.3 is 5.97 Å². The Balaban J connectivity index is 1.87. The zero-order valence-corrected chi connectivity index (χ0v) is 11.5. The Morgan fingerprint density at radius 2 is 2.10 bits per heavy atom. The van der Waals surface area contributed by atoms with E-state index in [1.54, 1.807) is 23.1 Å². The maximum absolute atomic E-state index is 12.2.